The molecule has 27 heavy (non-hydrogen) atoms. The third-order valence-corrected chi connectivity index (χ3v) is 8.66. The van der Waals surface area contributed by atoms with Gasteiger partial charge in [-0.3, -0.25) is 4.79 Å². The van der Waals surface area contributed by atoms with Crippen molar-refractivity contribution in [3.05, 3.63) is 11.5 Å². The lowest BCUT2D eigenvalue weighted by Gasteiger charge is -2.67. The minimum absolute atomic E-state index is 0.0496. The Kier molecular flexibility index (Phi) is 3.25. The maximum atomic E-state index is 12.7. The fourth-order valence-electron chi connectivity index (χ4n) is 6.83. The van der Waals surface area contributed by atoms with Crippen molar-refractivity contribution in [2.24, 2.45) is 16.7 Å². The van der Waals surface area contributed by atoms with Crippen LogP contribution in [0, 0.1) is 16.7 Å². The highest BCUT2D eigenvalue weighted by Gasteiger charge is 2.79. The summed E-state index contributed by atoms with van der Waals surface area (Å²) < 4.78 is 18.0. The zero-order chi connectivity index (χ0) is 19.6. The number of allylic oxidation sites excluding steroid dienone is 1. The smallest absolute Gasteiger partial charge is 0.286 e. The van der Waals surface area contributed by atoms with Crippen LogP contribution in [0.2, 0.25) is 0 Å². The van der Waals surface area contributed by atoms with E-state index >= 15 is 0 Å². The van der Waals surface area contributed by atoms with Gasteiger partial charge < -0.3 is 24.4 Å². The minimum atomic E-state index is -1.10. The van der Waals surface area contributed by atoms with E-state index in [1.807, 2.05) is 34.6 Å². The molecule has 0 aromatic heterocycles. The van der Waals surface area contributed by atoms with E-state index in [2.05, 4.69) is 0 Å². The molecule has 2 saturated carbocycles. The lowest BCUT2D eigenvalue weighted by Crippen LogP contribution is -2.75. The van der Waals surface area contributed by atoms with Gasteiger partial charge in [0.1, 0.15) is 17.8 Å². The molecule has 2 aliphatic carbocycles. The highest BCUT2D eigenvalue weighted by atomic mass is 16.7. The number of carbonyl (C=O) groups excluding carboxylic acids is 1. The van der Waals surface area contributed by atoms with E-state index in [-0.39, 0.29) is 30.0 Å². The van der Waals surface area contributed by atoms with Crippen LogP contribution in [0.1, 0.15) is 60.3 Å². The number of ketones is 1. The summed E-state index contributed by atoms with van der Waals surface area (Å²) in [7, 11) is 0. The molecule has 0 aromatic carbocycles. The Hall–Kier alpha value is -1.11. The van der Waals surface area contributed by atoms with Gasteiger partial charge in [-0.25, -0.2) is 0 Å². The van der Waals surface area contributed by atoms with Gasteiger partial charge in [0, 0.05) is 23.2 Å². The van der Waals surface area contributed by atoms with E-state index in [0.29, 0.717) is 37.2 Å². The number of hydrogen-bond donors (Lipinski definition) is 2. The number of hydrogen-bond acceptors (Lipinski definition) is 6. The molecule has 6 heteroatoms. The summed E-state index contributed by atoms with van der Waals surface area (Å²) in [5.41, 5.74) is -2.46. The molecule has 0 unspecified atom stereocenters. The van der Waals surface area contributed by atoms with Crippen LogP contribution in [0.25, 0.3) is 0 Å². The SMILES string of the molecule is C[C@@H]1CC(=O)C2=C(O1)O[C@]1(C)CC[C@]3(O)C(C)(C)[C@@H]4O[C@@H]4[C@H](O)[C@]3(C)[C@H]1C2. The van der Waals surface area contributed by atoms with Crippen molar-refractivity contribution in [2.45, 2.75) is 95.9 Å². The summed E-state index contributed by atoms with van der Waals surface area (Å²) in [4.78, 5) is 12.7. The molecule has 1 saturated heterocycles. The van der Waals surface area contributed by atoms with Crippen LogP contribution in [0.3, 0.4) is 0 Å². The molecule has 3 heterocycles. The minimum Gasteiger partial charge on any atom is -0.462 e. The van der Waals surface area contributed by atoms with Crippen molar-refractivity contribution in [2.75, 3.05) is 0 Å². The van der Waals surface area contributed by atoms with Crippen molar-refractivity contribution < 1.29 is 29.2 Å². The molecule has 2 N–H and O–H groups in total. The van der Waals surface area contributed by atoms with Gasteiger partial charge in [-0.1, -0.05) is 20.8 Å². The third kappa shape index (κ3) is 1.90. The van der Waals surface area contributed by atoms with Crippen molar-refractivity contribution in [3.63, 3.8) is 0 Å². The van der Waals surface area contributed by atoms with Crippen molar-refractivity contribution >= 4 is 5.78 Å². The molecule has 5 rings (SSSR count). The van der Waals surface area contributed by atoms with Crippen molar-refractivity contribution in [3.8, 4) is 0 Å². The van der Waals surface area contributed by atoms with Gasteiger partial charge in [-0.2, -0.15) is 0 Å². The van der Waals surface area contributed by atoms with Gasteiger partial charge in [-0.05, 0) is 33.1 Å². The topological polar surface area (TPSA) is 88.5 Å². The first-order valence-electron chi connectivity index (χ1n) is 10.1. The second-order valence-electron chi connectivity index (χ2n) is 10.3. The average molecular weight is 378 g/mol. The first-order chi connectivity index (χ1) is 12.5. The van der Waals surface area contributed by atoms with Crippen LogP contribution in [0.4, 0.5) is 0 Å². The molecule has 3 fully saturated rings. The molecular formula is C21H30O6. The number of aliphatic hydroxyl groups excluding tert-OH is 1. The fourth-order valence-corrected chi connectivity index (χ4v) is 6.83. The molecule has 0 bridgehead atoms. The number of carbonyl (C=O) groups is 1. The maximum absolute atomic E-state index is 12.7. The van der Waals surface area contributed by atoms with Gasteiger partial charge in [0.2, 0.25) is 0 Å². The molecule has 0 amide bonds. The number of aliphatic hydroxyl groups is 2. The zero-order valence-corrected chi connectivity index (χ0v) is 16.7. The van der Waals surface area contributed by atoms with E-state index in [0.717, 1.165) is 0 Å². The Morgan fingerprint density at radius 2 is 1.81 bits per heavy atom. The number of ether oxygens (including phenoxy) is 3. The number of fused-ring (bicyclic) bond motifs is 4. The summed E-state index contributed by atoms with van der Waals surface area (Å²) >= 11 is 0. The van der Waals surface area contributed by atoms with Crippen LogP contribution in [-0.4, -0.2) is 51.6 Å². The number of rotatable bonds is 0. The van der Waals surface area contributed by atoms with Gasteiger partial charge in [0.05, 0.1) is 23.4 Å². The van der Waals surface area contributed by atoms with Crippen LogP contribution in [-0.2, 0) is 19.0 Å². The van der Waals surface area contributed by atoms with Gasteiger partial charge in [-0.15, -0.1) is 0 Å². The molecule has 3 aliphatic heterocycles. The highest BCUT2D eigenvalue weighted by Crippen LogP contribution is 2.70. The predicted molar refractivity (Wildman–Crippen MR) is 95.5 cm³/mol. The number of epoxide rings is 1. The Morgan fingerprint density at radius 1 is 1.11 bits per heavy atom. The van der Waals surface area contributed by atoms with Gasteiger partial charge in [0.15, 0.2) is 5.78 Å². The summed E-state index contributed by atoms with van der Waals surface area (Å²) in [6.45, 7) is 9.94. The van der Waals surface area contributed by atoms with Gasteiger partial charge in [0.25, 0.3) is 5.95 Å². The molecule has 5 aliphatic rings. The maximum Gasteiger partial charge on any atom is 0.286 e. The normalized spacial score (nSPS) is 55.4. The zero-order valence-electron chi connectivity index (χ0n) is 16.7. The lowest BCUT2D eigenvalue weighted by molar-refractivity contribution is -0.300. The Morgan fingerprint density at radius 3 is 2.52 bits per heavy atom. The van der Waals surface area contributed by atoms with E-state index in [4.69, 9.17) is 14.2 Å². The molecule has 6 nitrogen and oxygen atoms in total. The van der Waals surface area contributed by atoms with E-state index < -0.39 is 28.1 Å². The Balaban J connectivity index is 1.63. The molecule has 0 aromatic rings. The standard InChI is InChI=1S/C21H30O6/c1-10-8-12(22)11-9-13-19(4,27-17(11)25-10)6-7-21(24)18(2,3)16-14(26-16)15(23)20(13,21)5/h10,13-16,23-24H,6-9H2,1-5H3/t10-,13+,14-,15+,16-,19-,20+,21+/m1/s1. The first-order valence-corrected chi connectivity index (χ1v) is 10.1. The van der Waals surface area contributed by atoms with E-state index in [9.17, 15) is 15.0 Å². The summed E-state index contributed by atoms with van der Waals surface area (Å²) in [6.07, 6.45) is 0.576. The third-order valence-electron chi connectivity index (χ3n) is 8.66. The largest absolute Gasteiger partial charge is 0.462 e. The predicted octanol–water partition coefficient (Wildman–Crippen LogP) is 2.07. The molecule has 0 radical (unpaired) electrons. The van der Waals surface area contributed by atoms with Crippen LogP contribution in [0.5, 0.6) is 0 Å². The van der Waals surface area contributed by atoms with Crippen LogP contribution < -0.4 is 0 Å². The van der Waals surface area contributed by atoms with Crippen molar-refractivity contribution in [1.82, 2.24) is 0 Å². The average Bonchev–Trinajstić information content (AvgIpc) is 3.37. The fraction of sp³-hybridized carbons (Fsp3) is 0.857. The van der Waals surface area contributed by atoms with Crippen LogP contribution >= 0.6 is 0 Å². The lowest BCUT2D eigenvalue weighted by atomic mass is 9.41. The number of Topliss-reactive ketones (excluding diaryl/α,β-unsaturated/α-hetero) is 1. The monoisotopic (exact) mass is 378 g/mol. The second-order valence-corrected chi connectivity index (χ2v) is 10.3. The summed E-state index contributed by atoms with van der Waals surface area (Å²) in [5.74, 6) is 0.202. The molecular weight excluding hydrogens is 348 g/mol. The second kappa shape index (κ2) is 4.89. The first kappa shape index (κ1) is 18.0. The molecule has 8 atom stereocenters. The van der Waals surface area contributed by atoms with E-state index in [1.54, 1.807) is 0 Å². The summed E-state index contributed by atoms with van der Waals surface area (Å²) in [5, 5.41) is 23.2. The summed E-state index contributed by atoms with van der Waals surface area (Å²) in [6, 6.07) is 0. The quantitative estimate of drug-likeness (QED) is 0.628. The highest BCUT2D eigenvalue weighted by molar-refractivity contribution is 5.96. The van der Waals surface area contributed by atoms with Crippen LogP contribution in [0.15, 0.2) is 11.5 Å². The van der Waals surface area contributed by atoms with Gasteiger partial charge >= 0.3 is 0 Å². The van der Waals surface area contributed by atoms with E-state index in [1.165, 1.54) is 0 Å². The Labute approximate surface area is 159 Å². The molecule has 150 valence electrons. The Bertz CT molecular complexity index is 758. The molecule has 0 spiro atoms. The van der Waals surface area contributed by atoms with Crippen molar-refractivity contribution in [1.29, 1.82) is 0 Å².